The Morgan fingerprint density at radius 2 is 2.07 bits per heavy atom. The van der Waals surface area contributed by atoms with Crippen LogP contribution in [0, 0.1) is 0 Å². The maximum absolute atomic E-state index is 12.7. The van der Waals surface area contributed by atoms with Gasteiger partial charge in [0.2, 0.25) is 15.9 Å². The Hall–Kier alpha value is -1.52. The van der Waals surface area contributed by atoms with Gasteiger partial charge in [0.15, 0.2) is 0 Å². The first-order valence-corrected chi connectivity index (χ1v) is 10.7. The molecule has 2 aliphatic heterocycles. The molecule has 150 valence electrons. The Morgan fingerprint density at radius 3 is 2.78 bits per heavy atom. The summed E-state index contributed by atoms with van der Waals surface area (Å²) in [7, 11) is -3.59. The molecule has 0 aromatic heterocycles. The Labute approximate surface area is 160 Å². The standard InChI is InChI=1S/C18H27N3O5S/c1-14(19-13-16-5-3-9-26-16)18(22)20-15-4-2-6-17(12-15)27(23,24)21-7-10-25-11-8-21/h2,4,6,12,14,16,19H,3,5,7-11,13H2,1H3,(H,20,22)/t14-,16-/m0/s1. The Kier molecular flexibility index (Phi) is 6.83. The second-order valence-corrected chi connectivity index (χ2v) is 8.74. The molecule has 2 atom stereocenters. The second kappa shape index (κ2) is 9.11. The Balaban J connectivity index is 1.60. The second-order valence-electron chi connectivity index (χ2n) is 6.80. The number of nitrogens with one attached hydrogen (secondary N) is 2. The molecule has 2 aliphatic rings. The molecule has 0 aliphatic carbocycles. The van der Waals surface area contributed by atoms with Crippen molar-refractivity contribution >= 4 is 21.6 Å². The maximum atomic E-state index is 12.7. The largest absolute Gasteiger partial charge is 0.379 e. The molecule has 2 saturated heterocycles. The van der Waals surface area contributed by atoms with Crippen molar-refractivity contribution in [3.05, 3.63) is 24.3 Å². The number of carbonyl (C=O) groups is 1. The zero-order chi connectivity index (χ0) is 19.3. The molecule has 2 heterocycles. The van der Waals surface area contributed by atoms with Gasteiger partial charge in [-0.2, -0.15) is 4.31 Å². The van der Waals surface area contributed by atoms with E-state index in [2.05, 4.69) is 10.6 Å². The number of nitrogens with zero attached hydrogens (tertiary/aromatic N) is 1. The fourth-order valence-corrected chi connectivity index (χ4v) is 4.58. The molecule has 1 aromatic carbocycles. The third-order valence-electron chi connectivity index (χ3n) is 4.78. The molecule has 8 nitrogen and oxygen atoms in total. The summed E-state index contributed by atoms with van der Waals surface area (Å²) >= 11 is 0. The first kappa shape index (κ1) is 20.2. The summed E-state index contributed by atoms with van der Waals surface area (Å²) < 4.78 is 37.6. The summed E-state index contributed by atoms with van der Waals surface area (Å²) in [6.07, 6.45) is 2.21. The summed E-state index contributed by atoms with van der Waals surface area (Å²) in [5.41, 5.74) is 0.458. The summed E-state index contributed by atoms with van der Waals surface area (Å²) in [6, 6.07) is 5.94. The van der Waals surface area contributed by atoms with Gasteiger partial charge in [0.05, 0.1) is 30.3 Å². The van der Waals surface area contributed by atoms with Crippen molar-refractivity contribution in [1.82, 2.24) is 9.62 Å². The van der Waals surface area contributed by atoms with E-state index in [0.717, 1.165) is 19.4 Å². The number of anilines is 1. The Bertz CT molecular complexity index is 743. The number of hydrogen-bond acceptors (Lipinski definition) is 6. The average molecular weight is 397 g/mol. The smallest absolute Gasteiger partial charge is 0.243 e. The van der Waals surface area contributed by atoms with Crippen molar-refractivity contribution in [1.29, 1.82) is 0 Å². The van der Waals surface area contributed by atoms with E-state index in [1.54, 1.807) is 25.1 Å². The van der Waals surface area contributed by atoms with E-state index in [0.29, 0.717) is 38.5 Å². The number of benzene rings is 1. The average Bonchev–Trinajstić information content (AvgIpc) is 3.20. The molecule has 0 saturated carbocycles. The molecule has 9 heteroatoms. The Morgan fingerprint density at radius 1 is 1.30 bits per heavy atom. The molecule has 0 spiro atoms. The molecule has 2 N–H and O–H groups in total. The third-order valence-corrected chi connectivity index (χ3v) is 6.67. The minimum Gasteiger partial charge on any atom is -0.379 e. The molecule has 1 aromatic rings. The SMILES string of the molecule is C[C@H](NC[C@@H]1CCCO1)C(=O)Nc1cccc(S(=O)(=O)N2CCOCC2)c1. The van der Waals surface area contributed by atoms with Crippen LogP contribution >= 0.6 is 0 Å². The van der Waals surface area contributed by atoms with E-state index in [4.69, 9.17) is 9.47 Å². The van der Waals surface area contributed by atoms with E-state index in [1.807, 2.05) is 0 Å². The van der Waals surface area contributed by atoms with Crippen molar-refractivity contribution in [3.8, 4) is 0 Å². The minimum atomic E-state index is -3.59. The van der Waals surface area contributed by atoms with Gasteiger partial charge in [0.1, 0.15) is 0 Å². The zero-order valence-electron chi connectivity index (χ0n) is 15.5. The summed E-state index contributed by atoms with van der Waals surface area (Å²) in [4.78, 5) is 12.6. The highest BCUT2D eigenvalue weighted by molar-refractivity contribution is 7.89. The van der Waals surface area contributed by atoms with Crippen LogP contribution in [0.2, 0.25) is 0 Å². The fraction of sp³-hybridized carbons (Fsp3) is 0.611. The molecular weight excluding hydrogens is 370 g/mol. The zero-order valence-corrected chi connectivity index (χ0v) is 16.3. The van der Waals surface area contributed by atoms with E-state index < -0.39 is 16.1 Å². The van der Waals surface area contributed by atoms with Gasteiger partial charge in [-0.25, -0.2) is 8.42 Å². The van der Waals surface area contributed by atoms with Crippen molar-refractivity contribution in [2.24, 2.45) is 0 Å². The van der Waals surface area contributed by atoms with E-state index in [1.165, 1.54) is 10.4 Å². The highest BCUT2D eigenvalue weighted by Gasteiger charge is 2.26. The number of rotatable bonds is 7. The van der Waals surface area contributed by atoms with Gasteiger partial charge in [0, 0.05) is 31.9 Å². The van der Waals surface area contributed by atoms with Gasteiger partial charge >= 0.3 is 0 Å². The van der Waals surface area contributed by atoms with Gasteiger partial charge in [-0.15, -0.1) is 0 Å². The highest BCUT2D eigenvalue weighted by Crippen LogP contribution is 2.20. The van der Waals surface area contributed by atoms with Crippen molar-refractivity contribution in [2.45, 2.75) is 36.8 Å². The maximum Gasteiger partial charge on any atom is 0.243 e. The van der Waals surface area contributed by atoms with E-state index in [9.17, 15) is 13.2 Å². The van der Waals surface area contributed by atoms with Crippen LogP contribution in [0.5, 0.6) is 0 Å². The lowest BCUT2D eigenvalue weighted by molar-refractivity contribution is -0.117. The first-order chi connectivity index (χ1) is 13.0. The van der Waals surface area contributed by atoms with Crippen LogP contribution in [0.15, 0.2) is 29.2 Å². The van der Waals surface area contributed by atoms with Crippen LogP contribution in [0.4, 0.5) is 5.69 Å². The highest BCUT2D eigenvalue weighted by atomic mass is 32.2. The summed E-state index contributed by atoms with van der Waals surface area (Å²) in [6.45, 7) is 4.63. The molecule has 0 unspecified atom stereocenters. The molecule has 3 rings (SSSR count). The van der Waals surface area contributed by atoms with E-state index >= 15 is 0 Å². The molecule has 27 heavy (non-hydrogen) atoms. The third kappa shape index (κ3) is 5.26. The predicted octanol–water partition coefficient (Wildman–Crippen LogP) is 0.803. The molecule has 0 bridgehead atoms. The lowest BCUT2D eigenvalue weighted by atomic mass is 10.2. The minimum absolute atomic E-state index is 0.155. The van der Waals surface area contributed by atoms with Crippen molar-refractivity contribution < 1.29 is 22.7 Å². The topological polar surface area (TPSA) is 97.0 Å². The van der Waals surface area contributed by atoms with Crippen LogP contribution in [-0.4, -0.2) is 70.2 Å². The van der Waals surface area contributed by atoms with Gasteiger partial charge in [-0.3, -0.25) is 4.79 Å². The lowest BCUT2D eigenvalue weighted by Gasteiger charge is -2.26. The van der Waals surface area contributed by atoms with Gasteiger partial charge < -0.3 is 20.1 Å². The molecular formula is C18H27N3O5S. The van der Waals surface area contributed by atoms with Crippen LogP contribution in [0.1, 0.15) is 19.8 Å². The van der Waals surface area contributed by atoms with Crippen LogP contribution in [-0.2, 0) is 24.3 Å². The van der Waals surface area contributed by atoms with Gasteiger partial charge in [0.25, 0.3) is 0 Å². The lowest BCUT2D eigenvalue weighted by Crippen LogP contribution is -2.41. The monoisotopic (exact) mass is 397 g/mol. The summed E-state index contributed by atoms with van der Waals surface area (Å²) in [5.74, 6) is -0.214. The molecule has 2 fully saturated rings. The van der Waals surface area contributed by atoms with Crippen LogP contribution < -0.4 is 10.6 Å². The normalized spacial score (nSPS) is 22.5. The van der Waals surface area contributed by atoms with Gasteiger partial charge in [-0.1, -0.05) is 6.07 Å². The van der Waals surface area contributed by atoms with Crippen LogP contribution in [0.25, 0.3) is 0 Å². The van der Waals surface area contributed by atoms with Gasteiger partial charge in [-0.05, 0) is 38.0 Å². The van der Waals surface area contributed by atoms with Crippen LogP contribution in [0.3, 0.4) is 0 Å². The first-order valence-electron chi connectivity index (χ1n) is 9.30. The number of sulfonamides is 1. The number of hydrogen-bond donors (Lipinski definition) is 2. The quantitative estimate of drug-likeness (QED) is 0.707. The number of carbonyl (C=O) groups excluding carboxylic acids is 1. The fourth-order valence-electron chi connectivity index (χ4n) is 3.13. The molecule has 1 amide bonds. The van der Waals surface area contributed by atoms with Crippen molar-refractivity contribution in [3.63, 3.8) is 0 Å². The number of ether oxygens (including phenoxy) is 2. The predicted molar refractivity (Wildman–Crippen MR) is 101 cm³/mol. The van der Waals surface area contributed by atoms with E-state index in [-0.39, 0.29) is 16.9 Å². The molecule has 0 radical (unpaired) electrons. The van der Waals surface area contributed by atoms with Crippen molar-refractivity contribution in [2.75, 3.05) is 44.8 Å². The number of morpholine rings is 1. The summed E-state index contributed by atoms with van der Waals surface area (Å²) in [5, 5.41) is 5.95. The number of amides is 1.